The van der Waals surface area contributed by atoms with Crippen molar-refractivity contribution < 1.29 is 9.59 Å². The molecule has 0 saturated heterocycles. The van der Waals surface area contributed by atoms with E-state index in [9.17, 15) is 9.59 Å². The average Bonchev–Trinajstić information content (AvgIpc) is 2.02. The highest BCUT2D eigenvalue weighted by molar-refractivity contribution is 5.91. The first-order valence-corrected chi connectivity index (χ1v) is 4.53. The predicted octanol–water partition coefficient (Wildman–Crippen LogP) is -0.330. The Morgan fingerprint density at radius 1 is 1.57 bits per heavy atom. The Morgan fingerprint density at radius 2 is 2.14 bits per heavy atom. The van der Waals surface area contributed by atoms with Crippen LogP contribution in [-0.4, -0.2) is 17.9 Å². The molecule has 0 aliphatic heterocycles. The summed E-state index contributed by atoms with van der Waals surface area (Å²) in [6, 6.07) is 1.28. The number of nitrogens with one attached hydrogen (secondary N) is 1. The molecule has 1 atom stereocenters. The Labute approximate surface area is 82.3 Å². The van der Waals surface area contributed by atoms with E-state index in [1.54, 1.807) is 0 Å². The first-order chi connectivity index (χ1) is 6.52. The first kappa shape index (κ1) is 10.5. The van der Waals surface area contributed by atoms with Crippen molar-refractivity contribution in [2.75, 3.05) is 0 Å². The normalized spacial score (nSPS) is 20.0. The average molecular weight is 195 g/mol. The third-order valence-corrected chi connectivity index (χ3v) is 2.63. The number of hydrogen-bond donors (Lipinski definition) is 2. The number of carbonyl (C=O) groups is 2. The fourth-order valence-electron chi connectivity index (χ4n) is 1.33. The quantitative estimate of drug-likeness (QED) is 0.645. The second-order valence-electron chi connectivity index (χ2n) is 3.64. The van der Waals surface area contributed by atoms with Crippen LogP contribution in [0.25, 0.3) is 0 Å². The van der Waals surface area contributed by atoms with Crippen molar-refractivity contribution in [1.29, 1.82) is 5.26 Å². The molecule has 1 saturated carbocycles. The Hall–Kier alpha value is -1.57. The van der Waals surface area contributed by atoms with E-state index in [0.29, 0.717) is 12.8 Å². The molecule has 0 aromatic heterocycles. The summed E-state index contributed by atoms with van der Waals surface area (Å²) in [5.74, 6) is -0.969. The molecule has 3 N–H and O–H groups in total. The molecule has 1 unspecified atom stereocenters. The van der Waals surface area contributed by atoms with Crippen LogP contribution in [0.4, 0.5) is 0 Å². The van der Waals surface area contributed by atoms with Crippen LogP contribution in [0.5, 0.6) is 0 Å². The third kappa shape index (κ3) is 1.69. The van der Waals surface area contributed by atoms with Crippen molar-refractivity contribution >= 4 is 11.8 Å². The van der Waals surface area contributed by atoms with Gasteiger partial charge in [-0.3, -0.25) is 9.59 Å². The fourth-order valence-corrected chi connectivity index (χ4v) is 1.33. The number of nitrogens with two attached hydrogens (primary N) is 1. The van der Waals surface area contributed by atoms with Crippen LogP contribution in [0.3, 0.4) is 0 Å². The van der Waals surface area contributed by atoms with Gasteiger partial charge in [0.1, 0.15) is 11.5 Å². The Morgan fingerprint density at radius 3 is 2.43 bits per heavy atom. The van der Waals surface area contributed by atoms with Gasteiger partial charge in [-0.25, -0.2) is 0 Å². The molecule has 0 bridgehead atoms. The Balaban J connectivity index is 2.58. The van der Waals surface area contributed by atoms with Crippen LogP contribution in [-0.2, 0) is 9.59 Å². The molecule has 1 rings (SSSR count). The summed E-state index contributed by atoms with van der Waals surface area (Å²) in [5.41, 5.74) is 4.08. The molecule has 14 heavy (non-hydrogen) atoms. The zero-order valence-electron chi connectivity index (χ0n) is 8.04. The van der Waals surface area contributed by atoms with Crippen LogP contribution in [0.1, 0.15) is 26.2 Å². The minimum absolute atomic E-state index is 0.377. The molecule has 0 heterocycles. The lowest BCUT2D eigenvalue weighted by atomic mass is 9.69. The van der Waals surface area contributed by atoms with Gasteiger partial charge in [0.25, 0.3) is 0 Å². The van der Waals surface area contributed by atoms with Crippen molar-refractivity contribution in [3.05, 3.63) is 0 Å². The van der Waals surface area contributed by atoms with Gasteiger partial charge >= 0.3 is 0 Å². The molecule has 5 heteroatoms. The SMILES string of the molecule is CC(NC(=O)C1(C#N)CCC1)C(N)=O. The van der Waals surface area contributed by atoms with Gasteiger partial charge in [0.05, 0.1) is 6.07 Å². The van der Waals surface area contributed by atoms with Crippen LogP contribution in [0.2, 0.25) is 0 Å². The Kier molecular flexibility index (Phi) is 2.75. The lowest BCUT2D eigenvalue weighted by Crippen LogP contribution is -2.51. The number of amides is 2. The highest BCUT2D eigenvalue weighted by Crippen LogP contribution is 2.40. The highest BCUT2D eigenvalue weighted by atomic mass is 16.2. The van der Waals surface area contributed by atoms with E-state index in [2.05, 4.69) is 5.32 Å². The first-order valence-electron chi connectivity index (χ1n) is 4.53. The predicted molar refractivity (Wildman–Crippen MR) is 48.7 cm³/mol. The van der Waals surface area contributed by atoms with Crippen molar-refractivity contribution in [3.63, 3.8) is 0 Å². The van der Waals surface area contributed by atoms with Crippen LogP contribution >= 0.6 is 0 Å². The summed E-state index contributed by atoms with van der Waals surface area (Å²) in [7, 11) is 0. The second kappa shape index (κ2) is 3.66. The summed E-state index contributed by atoms with van der Waals surface area (Å²) in [5, 5.41) is 11.3. The van der Waals surface area contributed by atoms with E-state index in [1.807, 2.05) is 6.07 Å². The Bertz CT molecular complexity index is 302. The standard InChI is InChI=1S/C9H13N3O2/c1-6(7(11)13)12-8(14)9(5-10)3-2-4-9/h6H,2-4H2,1H3,(H2,11,13)(H,12,14). The summed E-state index contributed by atoms with van der Waals surface area (Å²) >= 11 is 0. The zero-order chi connectivity index (χ0) is 10.8. The van der Waals surface area contributed by atoms with E-state index >= 15 is 0 Å². The molecule has 0 spiro atoms. The zero-order valence-corrected chi connectivity index (χ0v) is 8.04. The molecular formula is C9H13N3O2. The molecule has 0 aromatic carbocycles. The van der Waals surface area contributed by atoms with Gasteiger partial charge in [-0.15, -0.1) is 0 Å². The van der Waals surface area contributed by atoms with Gasteiger partial charge in [-0.1, -0.05) is 0 Å². The van der Waals surface area contributed by atoms with E-state index < -0.39 is 17.4 Å². The maximum atomic E-state index is 11.6. The summed E-state index contributed by atoms with van der Waals surface area (Å²) in [6.45, 7) is 1.50. The number of nitriles is 1. The number of nitrogens with zero attached hydrogens (tertiary/aromatic N) is 1. The molecular weight excluding hydrogens is 182 g/mol. The molecule has 5 nitrogen and oxygen atoms in total. The van der Waals surface area contributed by atoms with E-state index in [1.165, 1.54) is 6.92 Å². The molecule has 1 aliphatic carbocycles. The van der Waals surface area contributed by atoms with Gasteiger partial charge in [0, 0.05) is 0 Å². The van der Waals surface area contributed by atoms with Gasteiger partial charge in [0.15, 0.2) is 0 Å². The van der Waals surface area contributed by atoms with Crippen molar-refractivity contribution in [1.82, 2.24) is 5.32 Å². The summed E-state index contributed by atoms with van der Waals surface area (Å²) in [6.07, 6.45) is 2.02. The van der Waals surface area contributed by atoms with E-state index in [-0.39, 0.29) is 5.91 Å². The third-order valence-electron chi connectivity index (χ3n) is 2.63. The van der Waals surface area contributed by atoms with Crippen molar-refractivity contribution in [2.45, 2.75) is 32.2 Å². The second-order valence-corrected chi connectivity index (χ2v) is 3.64. The lowest BCUT2D eigenvalue weighted by Gasteiger charge is -2.33. The minimum Gasteiger partial charge on any atom is -0.368 e. The van der Waals surface area contributed by atoms with Gasteiger partial charge in [0.2, 0.25) is 11.8 Å². The monoisotopic (exact) mass is 195 g/mol. The molecule has 76 valence electrons. The maximum absolute atomic E-state index is 11.6. The van der Waals surface area contributed by atoms with E-state index in [0.717, 1.165) is 6.42 Å². The number of primary amides is 1. The van der Waals surface area contributed by atoms with Crippen molar-refractivity contribution in [2.24, 2.45) is 11.1 Å². The van der Waals surface area contributed by atoms with E-state index in [4.69, 9.17) is 11.0 Å². The van der Waals surface area contributed by atoms with Gasteiger partial charge < -0.3 is 11.1 Å². The maximum Gasteiger partial charge on any atom is 0.241 e. The smallest absolute Gasteiger partial charge is 0.241 e. The summed E-state index contributed by atoms with van der Waals surface area (Å²) in [4.78, 5) is 22.2. The molecule has 0 radical (unpaired) electrons. The molecule has 2 amide bonds. The van der Waals surface area contributed by atoms with Crippen LogP contribution < -0.4 is 11.1 Å². The minimum atomic E-state index is -0.913. The number of rotatable bonds is 3. The van der Waals surface area contributed by atoms with Gasteiger partial charge in [-0.05, 0) is 26.2 Å². The molecule has 0 aromatic rings. The highest BCUT2D eigenvalue weighted by Gasteiger charge is 2.45. The summed E-state index contributed by atoms with van der Waals surface area (Å²) < 4.78 is 0. The topological polar surface area (TPSA) is 96.0 Å². The van der Waals surface area contributed by atoms with Crippen LogP contribution in [0, 0.1) is 16.7 Å². The number of hydrogen-bond acceptors (Lipinski definition) is 3. The van der Waals surface area contributed by atoms with Crippen LogP contribution in [0.15, 0.2) is 0 Å². The lowest BCUT2D eigenvalue weighted by molar-refractivity contribution is -0.135. The molecule has 1 fully saturated rings. The largest absolute Gasteiger partial charge is 0.368 e. The molecule has 1 aliphatic rings. The number of carbonyl (C=O) groups excluding carboxylic acids is 2. The fraction of sp³-hybridized carbons (Fsp3) is 0.667. The van der Waals surface area contributed by atoms with Crippen molar-refractivity contribution in [3.8, 4) is 6.07 Å². The van der Waals surface area contributed by atoms with Gasteiger partial charge in [-0.2, -0.15) is 5.26 Å².